The number of carbonyl (C=O) groups is 1. The monoisotopic (exact) mass is 231 g/mol. The molecule has 5 nitrogen and oxygen atoms in total. The molecule has 1 unspecified atom stereocenters. The number of benzene rings is 1. The highest BCUT2D eigenvalue weighted by Crippen LogP contribution is 2.35. The molecule has 1 aromatic carbocycles. The zero-order valence-corrected chi connectivity index (χ0v) is 8.65. The number of hydrogen-bond donors (Lipinski definition) is 3. The van der Waals surface area contributed by atoms with Gasteiger partial charge in [-0.2, -0.15) is 0 Å². The van der Waals surface area contributed by atoms with Crippen molar-refractivity contribution in [3.05, 3.63) is 22.7 Å². The molecule has 15 heavy (non-hydrogen) atoms. The zero-order valence-electron chi connectivity index (χ0n) is 7.90. The van der Waals surface area contributed by atoms with Gasteiger partial charge in [-0.15, -0.1) is 0 Å². The number of halogens is 1. The number of aromatic hydroxyl groups is 1. The van der Waals surface area contributed by atoms with Crippen LogP contribution in [0.5, 0.6) is 11.5 Å². The maximum atomic E-state index is 10.6. The fourth-order valence-electron chi connectivity index (χ4n) is 1.08. The van der Waals surface area contributed by atoms with Gasteiger partial charge in [0, 0.05) is 11.6 Å². The smallest absolute Gasteiger partial charge is 0.325 e. The topological polar surface area (TPSA) is 92.8 Å². The van der Waals surface area contributed by atoms with E-state index >= 15 is 0 Å². The molecular weight excluding hydrogens is 222 g/mol. The summed E-state index contributed by atoms with van der Waals surface area (Å²) in [5.41, 5.74) is 5.38. The van der Waals surface area contributed by atoms with Gasteiger partial charge in [-0.3, -0.25) is 4.79 Å². The summed E-state index contributed by atoms with van der Waals surface area (Å²) in [6.45, 7) is 0. The maximum absolute atomic E-state index is 10.6. The van der Waals surface area contributed by atoms with Gasteiger partial charge in [-0.1, -0.05) is 11.6 Å². The summed E-state index contributed by atoms with van der Waals surface area (Å²) in [7, 11) is 1.40. The number of aliphatic carboxylic acids is 1. The molecule has 0 spiro atoms. The number of nitrogens with two attached hydrogens (primary N) is 1. The lowest BCUT2D eigenvalue weighted by Crippen LogP contribution is -2.20. The second kappa shape index (κ2) is 4.37. The van der Waals surface area contributed by atoms with Gasteiger partial charge >= 0.3 is 5.97 Å². The Morgan fingerprint density at radius 1 is 1.60 bits per heavy atom. The van der Waals surface area contributed by atoms with Crippen molar-refractivity contribution in [3.8, 4) is 11.5 Å². The van der Waals surface area contributed by atoms with Gasteiger partial charge in [0.25, 0.3) is 0 Å². The van der Waals surface area contributed by atoms with Gasteiger partial charge in [0.1, 0.15) is 17.5 Å². The third kappa shape index (κ3) is 2.31. The van der Waals surface area contributed by atoms with Gasteiger partial charge in [0.05, 0.1) is 12.1 Å². The first-order valence-corrected chi connectivity index (χ1v) is 4.40. The molecule has 0 amide bonds. The average molecular weight is 232 g/mol. The number of rotatable bonds is 3. The minimum absolute atomic E-state index is 0.000972. The molecule has 1 aromatic rings. The van der Waals surface area contributed by atoms with Crippen LogP contribution in [-0.2, 0) is 4.79 Å². The number of carboxylic acid groups (broad SMARTS) is 1. The van der Waals surface area contributed by atoms with Gasteiger partial charge in [0.15, 0.2) is 0 Å². The van der Waals surface area contributed by atoms with E-state index in [-0.39, 0.29) is 16.3 Å². The van der Waals surface area contributed by atoms with E-state index in [1.54, 1.807) is 0 Å². The van der Waals surface area contributed by atoms with Gasteiger partial charge < -0.3 is 20.7 Å². The standard InChI is InChI=1S/C9H10ClNO4/c1-15-4-2-5(7(11)9(13)14)8(12)6(10)3-4/h2-3,7,12H,11H2,1H3,(H,13,14). The quantitative estimate of drug-likeness (QED) is 0.725. The highest BCUT2D eigenvalue weighted by atomic mass is 35.5. The fraction of sp³-hybridized carbons (Fsp3) is 0.222. The molecular formula is C9H10ClNO4. The van der Waals surface area contributed by atoms with Crippen LogP contribution in [0.15, 0.2) is 12.1 Å². The van der Waals surface area contributed by atoms with E-state index < -0.39 is 12.0 Å². The molecule has 0 radical (unpaired) electrons. The van der Waals surface area contributed by atoms with Crippen LogP contribution >= 0.6 is 11.6 Å². The van der Waals surface area contributed by atoms with Gasteiger partial charge in [0.2, 0.25) is 0 Å². The Morgan fingerprint density at radius 3 is 2.67 bits per heavy atom. The number of hydrogen-bond acceptors (Lipinski definition) is 4. The van der Waals surface area contributed by atoms with E-state index in [9.17, 15) is 9.90 Å². The van der Waals surface area contributed by atoms with Gasteiger partial charge in [-0.05, 0) is 6.07 Å². The molecule has 0 aliphatic carbocycles. The summed E-state index contributed by atoms with van der Waals surface area (Å²) < 4.78 is 4.88. The largest absolute Gasteiger partial charge is 0.506 e. The number of carboxylic acids is 1. The Hall–Kier alpha value is -1.46. The lowest BCUT2D eigenvalue weighted by atomic mass is 10.1. The normalized spacial score (nSPS) is 12.2. The summed E-state index contributed by atoms with van der Waals surface area (Å²) >= 11 is 5.67. The van der Waals surface area contributed by atoms with Crippen molar-refractivity contribution in [2.75, 3.05) is 7.11 Å². The highest BCUT2D eigenvalue weighted by molar-refractivity contribution is 6.32. The molecule has 82 valence electrons. The predicted octanol–water partition coefficient (Wildman–Crippen LogP) is 1.14. The minimum atomic E-state index is -1.34. The Morgan fingerprint density at radius 2 is 2.20 bits per heavy atom. The third-order valence-corrected chi connectivity index (χ3v) is 2.19. The van der Waals surface area contributed by atoms with Crippen molar-refractivity contribution < 1.29 is 19.7 Å². The van der Waals surface area contributed by atoms with Crippen molar-refractivity contribution in [1.29, 1.82) is 0 Å². The van der Waals surface area contributed by atoms with Crippen LogP contribution in [-0.4, -0.2) is 23.3 Å². The summed E-state index contributed by atoms with van der Waals surface area (Å²) in [6.07, 6.45) is 0. The molecule has 0 saturated heterocycles. The van der Waals surface area contributed by atoms with Crippen molar-refractivity contribution >= 4 is 17.6 Å². The van der Waals surface area contributed by atoms with Crippen LogP contribution in [0.2, 0.25) is 5.02 Å². The third-order valence-electron chi connectivity index (χ3n) is 1.90. The number of ether oxygens (including phenoxy) is 1. The summed E-state index contributed by atoms with van der Waals surface area (Å²) in [5, 5.41) is 18.2. The van der Waals surface area contributed by atoms with E-state index in [2.05, 4.69) is 0 Å². The number of methoxy groups -OCH3 is 1. The van der Waals surface area contributed by atoms with Crippen LogP contribution in [0.1, 0.15) is 11.6 Å². The van der Waals surface area contributed by atoms with Crippen LogP contribution in [0.25, 0.3) is 0 Å². The Bertz CT molecular complexity index is 394. The lowest BCUT2D eigenvalue weighted by Gasteiger charge is -2.12. The van der Waals surface area contributed by atoms with Crippen LogP contribution in [0.3, 0.4) is 0 Å². The highest BCUT2D eigenvalue weighted by Gasteiger charge is 2.21. The zero-order chi connectivity index (χ0) is 11.6. The molecule has 0 aliphatic rings. The maximum Gasteiger partial charge on any atom is 0.325 e. The second-order valence-electron chi connectivity index (χ2n) is 2.86. The first-order valence-electron chi connectivity index (χ1n) is 4.02. The first-order chi connectivity index (χ1) is 6.97. The summed E-state index contributed by atoms with van der Waals surface area (Å²) in [6, 6.07) is 1.37. The van der Waals surface area contributed by atoms with E-state index in [1.165, 1.54) is 19.2 Å². The first kappa shape index (κ1) is 11.6. The number of phenolic OH excluding ortho intramolecular Hbond substituents is 1. The Balaban J connectivity index is 3.27. The van der Waals surface area contributed by atoms with Crippen LogP contribution in [0.4, 0.5) is 0 Å². The molecule has 0 aromatic heterocycles. The Kier molecular flexibility index (Phi) is 3.39. The van der Waals surface area contributed by atoms with Crippen molar-refractivity contribution in [3.63, 3.8) is 0 Å². The van der Waals surface area contributed by atoms with Gasteiger partial charge in [-0.25, -0.2) is 0 Å². The molecule has 4 N–H and O–H groups in total. The summed E-state index contributed by atoms with van der Waals surface area (Å²) in [4.78, 5) is 10.6. The molecule has 0 heterocycles. The Labute approximate surface area is 91.0 Å². The molecule has 1 rings (SSSR count). The average Bonchev–Trinajstić information content (AvgIpc) is 2.20. The van der Waals surface area contributed by atoms with Crippen molar-refractivity contribution in [1.82, 2.24) is 0 Å². The number of phenols is 1. The predicted molar refractivity (Wildman–Crippen MR) is 54.2 cm³/mol. The summed E-state index contributed by atoms with van der Waals surface area (Å²) in [5.74, 6) is -1.26. The molecule has 1 atom stereocenters. The lowest BCUT2D eigenvalue weighted by molar-refractivity contribution is -0.138. The molecule has 0 fully saturated rings. The minimum Gasteiger partial charge on any atom is -0.506 e. The fourth-order valence-corrected chi connectivity index (χ4v) is 1.30. The van der Waals surface area contributed by atoms with E-state index in [0.717, 1.165) is 0 Å². The van der Waals surface area contributed by atoms with E-state index in [4.69, 9.17) is 27.2 Å². The van der Waals surface area contributed by atoms with Crippen molar-refractivity contribution in [2.45, 2.75) is 6.04 Å². The molecule has 6 heteroatoms. The molecule has 0 aliphatic heterocycles. The van der Waals surface area contributed by atoms with Crippen LogP contribution in [0, 0.1) is 0 Å². The van der Waals surface area contributed by atoms with E-state index in [1.807, 2.05) is 0 Å². The second-order valence-corrected chi connectivity index (χ2v) is 3.27. The molecule has 0 bridgehead atoms. The molecule has 0 saturated carbocycles. The van der Waals surface area contributed by atoms with E-state index in [0.29, 0.717) is 5.75 Å². The SMILES string of the molecule is COc1cc(Cl)c(O)c(C(N)C(=O)O)c1. The van der Waals surface area contributed by atoms with Crippen molar-refractivity contribution in [2.24, 2.45) is 5.73 Å². The van der Waals surface area contributed by atoms with Crippen LogP contribution < -0.4 is 10.5 Å².